The first-order chi connectivity index (χ1) is 8.29. The summed E-state index contributed by atoms with van der Waals surface area (Å²) in [7, 11) is 0. The Balaban J connectivity index is 2.17. The molecular formula is C14H17ClN2. The summed E-state index contributed by atoms with van der Waals surface area (Å²) in [6.07, 6.45) is 4.63. The van der Waals surface area contributed by atoms with Crippen molar-refractivity contribution in [3.8, 4) is 0 Å². The van der Waals surface area contributed by atoms with Crippen LogP contribution in [0.15, 0.2) is 24.4 Å². The van der Waals surface area contributed by atoms with Crippen molar-refractivity contribution in [2.45, 2.75) is 25.7 Å². The maximum absolute atomic E-state index is 6.42. The standard InChI is InChI=1S/C14H17ClN2/c1-10-13(15)12-6-2-3-8-17(12)14(10)11-5-4-7-16-9-11/h2-3,6,8,11,16H,4-5,7,9H2,1H3. The van der Waals surface area contributed by atoms with E-state index in [4.69, 9.17) is 11.6 Å². The van der Waals surface area contributed by atoms with Gasteiger partial charge in [0.2, 0.25) is 0 Å². The summed E-state index contributed by atoms with van der Waals surface area (Å²) in [6, 6.07) is 6.21. The lowest BCUT2D eigenvalue weighted by atomic mass is 9.94. The molecule has 0 radical (unpaired) electrons. The lowest BCUT2D eigenvalue weighted by Gasteiger charge is -2.23. The van der Waals surface area contributed by atoms with Gasteiger partial charge in [0.25, 0.3) is 0 Å². The molecule has 3 heterocycles. The number of hydrogen-bond acceptors (Lipinski definition) is 1. The van der Waals surface area contributed by atoms with E-state index in [2.05, 4.69) is 35.0 Å². The number of rotatable bonds is 1. The fraction of sp³-hybridized carbons (Fsp3) is 0.429. The van der Waals surface area contributed by atoms with E-state index >= 15 is 0 Å². The van der Waals surface area contributed by atoms with Gasteiger partial charge in [-0.1, -0.05) is 17.7 Å². The van der Waals surface area contributed by atoms with Crippen molar-refractivity contribution < 1.29 is 0 Å². The summed E-state index contributed by atoms with van der Waals surface area (Å²) in [6.45, 7) is 4.35. The molecule has 17 heavy (non-hydrogen) atoms. The zero-order chi connectivity index (χ0) is 11.8. The Labute approximate surface area is 107 Å². The molecule has 2 aromatic rings. The molecule has 0 aromatic carbocycles. The van der Waals surface area contributed by atoms with Gasteiger partial charge in [-0.3, -0.25) is 0 Å². The molecule has 0 amide bonds. The average Bonchev–Trinajstić information content (AvgIpc) is 2.64. The zero-order valence-corrected chi connectivity index (χ0v) is 10.8. The summed E-state index contributed by atoms with van der Waals surface area (Å²) < 4.78 is 2.26. The number of piperidine rings is 1. The van der Waals surface area contributed by atoms with Crippen LogP contribution in [0.1, 0.15) is 30.0 Å². The highest BCUT2D eigenvalue weighted by Crippen LogP contribution is 2.34. The van der Waals surface area contributed by atoms with Gasteiger partial charge >= 0.3 is 0 Å². The van der Waals surface area contributed by atoms with E-state index in [-0.39, 0.29) is 0 Å². The van der Waals surface area contributed by atoms with Gasteiger partial charge in [-0.25, -0.2) is 0 Å². The Kier molecular flexibility index (Phi) is 2.85. The summed E-state index contributed by atoms with van der Waals surface area (Å²) in [5, 5.41) is 4.39. The predicted octanol–water partition coefficient (Wildman–Crippen LogP) is 3.37. The maximum atomic E-state index is 6.42. The van der Waals surface area contributed by atoms with Crippen molar-refractivity contribution in [1.82, 2.24) is 9.72 Å². The van der Waals surface area contributed by atoms with Crippen molar-refractivity contribution in [1.29, 1.82) is 0 Å². The predicted molar refractivity (Wildman–Crippen MR) is 72.0 cm³/mol. The molecule has 90 valence electrons. The summed E-state index contributed by atoms with van der Waals surface area (Å²) in [5.41, 5.74) is 3.76. The molecule has 2 aromatic heterocycles. The van der Waals surface area contributed by atoms with E-state index in [1.807, 2.05) is 6.07 Å². The lowest BCUT2D eigenvalue weighted by molar-refractivity contribution is 0.452. The number of nitrogens with one attached hydrogen (secondary N) is 1. The van der Waals surface area contributed by atoms with Crippen LogP contribution in [0.3, 0.4) is 0 Å². The molecule has 1 fully saturated rings. The topological polar surface area (TPSA) is 16.4 Å². The number of nitrogens with zero attached hydrogens (tertiary/aromatic N) is 1. The van der Waals surface area contributed by atoms with E-state index in [1.54, 1.807) is 0 Å². The molecule has 1 aliphatic heterocycles. The van der Waals surface area contributed by atoms with Crippen LogP contribution < -0.4 is 5.32 Å². The molecular weight excluding hydrogens is 232 g/mol. The van der Waals surface area contributed by atoms with E-state index in [0.29, 0.717) is 5.92 Å². The van der Waals surface area contributed by atoms with Crippen LogP contribution in [0, 0.1) is 6.92 Å². The van der Waals surface area contributed by atoms with Crippen LogP contribution in [0.4, 0.5) is 0 Å². The summed E-state index contributed by atoms with van der Waals surface area (Å²) >= 11 is 6.42. The fourth-order valence-electron chi connectivity index (χ4n) is 2.91. The molecule has 1 atom stereocenters. The van der Waals surface area contributed by atoms with Gasteiger partial charge in [-0.2, -0.15) is 0 Å². The molecule has 3 rings (SSSR count). The van der Waals surface area contributed by atoms with E-state index in [0.717, 1.165) is 23.6 Å². The minimum absolute atomic E-state index is 0.589. The lowest BCUT2D eigenvalue weighted by Crippen LogP contribution is -2.29. The van der Waals surface area contributed by atoms with Gasteiger partial charge in [0, 0.05) is 24.4 Å². The quantitative estimate of drug-likeness (QED) is 0.819. The molecule has 1 saturated heterocycles. The molecule has 1 N–H and O–H groups in total. The van der Waals surface area contributed by atoms with Crippen LogP contribution >= 0.6 is 11.6 Å². The number of aromatic nitrogens is 1. The molecule has 2 nitrogen and oxygen atoms in total. The van der Waals surface area contributed by atoms with Gasteiger partial charge in [-0.15, -0.1) is 0 Å². The average molecular weight is 249 g/mol. The Bertz CT molecular complexity index is 538. The number of hydrogen-bond donors (Lipinski definition) is 1. The normalized spacial score (nSPS) is 20.9. The first-order valence-corrected chi connectivity index (χ1v) is 6.62. The fourth-order valence-corrected chi connectivity index (χ4v) is 3.16. The van der Waals surface area contributed by atoms with Crippen LogP contribution in [-0.4, -0.2) is 17.5 Å². The molecule has 1 unspecified atom stereocenters. The number of fused-ring (bicyclic) bond motifs is 1. The van der Waals surface area contributed by atoms with Crippen molar-refractivity contribution in [2.75, 3.05) is 13.1 Å². The van der Waals surface area contributed by atoms with Gasteiger partial charge in [0.05, 0.1) is 10.5 Å². The second-order valence-corrected chi connectivity index (χ2v) is 5.20. The van der Waals surface area contributed by atoms with E-state index in [9.17, 15) is 0 Å². The molecule has 3 heteroatoms. The van der Waals surface area contributed by atoms with E-state index in [1.165, 1.54) is 24.1 Å². The van der Waals surface area contributed by atoms with Crippen molar-refractivity contribution in [2.24, 2.45) is 0 Å². The third-order valence-electron chi connectivity index (χ3n) is 3.74. The number of halogens is 1. The van der Waals surface area contributed by atoms with Gasteiger partial charge in [0.15, 0.2) is 0 Å². The Morgan fingerprint density at radius 1 is 1.41 bits per heavy atom. The highest BCUT2D eigenvalue weighted by Gasteiger charge is 2.22. The summed E-state index contributed by atoms with van der Waals surface area (Å²) in [4.78, 5) is 0. The second kappa shape index (κ2) is 4.35. The molecule has 0 spiro atoms. The van der Waals surface area contributed by atoms with Crippen LogP contribution in [0.25, 0.3) is 5.52 Å². The molecule has 0 saturated carbocycles. The highest BCUT2D eigenvalue weighted by molar-refractivity contribution is 6.34. The van der Waals surface area contributed by atoms with Gasteiger partial charge < -0.3 is 9.72 Å². The SMILES string of the molecule is Cc1c(Cl)c2ccccn2c1C1CCCNC1. The smallest absolute Gasteiger partial charge is 0.0693 e. The van der Waals surface area contributed by atoms with Crippen LogP contribution in [0.5, 0.6) is 0 Å². The zero-order valence-electron chi connectivity index (χ0n) is 10.0. The third kappa shape index (κ3) is 1.76. The second-order valence-electron chi connectivity index (χ2n) is 4.82. The first kappa shape index (κ1) is 11.1. The minimum atomic E-state index is 0.589. The number of pyridine rings is 1. The molecule has 1 aliphatic rings. The molecule has 0 bridgehead atoms. The summed E-state index contributed by atoms with van der Waals surface area (Å²) in [5.74, 6) is 0.589. The van der Waals surface area contributed by atoms with Crippen molar-refractivity contribution in [3.05, 3.63) is 40.7 Å². The Morgan fingerprint density at radius 3 is 3.06 bits per heavy atom. The van der Waals surface area contributed by atoms with Crippen LogP contribution in [-0.2, 0) is 0 Å². The Hall–Kier alpha value is -0.990. The highest BCUT2D eigenvalue weighted by atomic mass is 35.5. The minimum Gasteiger partial charge on any atom is -0.319 e. The van der Waals surface area contributed by atoms with Gasteiger partial charge in [-0.05, 0) is 44.0 Å². The van der Waals surface area contributed by atoms with Gasteiger partial charge in [0.1, 0.15) is 0 Å². The van der Waals surface area contributed by atoms with Crippen molar-refractivity contribution in [3.63, 3.8) is 0 Å². The molecule has 0 aliphatic carbocycles. The third-order valence-corrected chi connectivity index (χ3v) is 4.22. The van der Waals surface area contributed by atoms with Crippen molar-refractivity contribution >= 4 is 17.1 Å². The Morgan fingerprint density at radius 2 is 2.29 bits per heavy atom. The monoisotopic (exact) mass is 248 g/mol. The van der Waals surface area contributed by atoms with Crippen LogP contribution in [0.2, 0.25) is 5.02 Å². The largest absolute Gasteiger partial charge is 0.319 e. The van der Waals surface area contributed by atoms with E-state index < -0.39 is 0 Å². The maximum Gasteiger partial charge on any atom is 0.0693 e. The first-order valence-electron chi connectivity index (χ1n) is 6.25.